The fraction of sp³-hybridized carbons (Fsp3) is 0.333. The molecule has 78 valence electrons. The van der Waals surface area contributed by atoms with Gasteiger partial charge in [0.15, 0.2) is 0 Å². The molecule has 1 unspecified atom stereocenters. The molecule has 5 heteroatoms. The molecule has 0 amide bonds. The molecular formula is C9H10F3NO. The Labute approximate surface area is 79.2 Å². The van der Waals surface area contributed by atoms with E-state index in [0.29, 0.717) is 0 Å². The van der Waals surface area contributed by atoms with E-state index < -0.39 is 12.2 Å². The van der Waals surface area contributed by atoms with Gasteiger partial charge >= 0.3 is 6.18 Å². The third kappa shape index (κ3) is 1.98. The number of hydrogen-bond donors (Lipinski definition) is 2. The number of aromatic hydroxyl groups is 1. The number of phenolic OH excluding ortho intramolecular Hbond substituents is 1. The molecule has 0 spiro atoms. The van der Waals surface area contributed by atoms with Crippen molar-refractivity contribution in [3.05, 3.63) is 29.3 Å². The number of benzene rings is 1. The molecule has 14 heavy (non-hydrogen) atoms. The van der Waals surface area contributed by atoms with Crippen LogP contribution in [-0.4, -0.2) is 11.3 Å². The van der Waals surface area contributed by atoms with Gasteiger partial charge in [-0.05, 0) is 24.1 Å². The zero-order chi connectivity index (χ0) is 10.9. The van der Waals surface area contributed by atoms with Gasteiger partial charge in [-0.15, -0.1) is 0 Å². The molecule has 1 aromatic carbocycles. The zero-order valence-corrected chi connectivity index (χ0v) is 7.47. The SMILES string of the molecule is Cc1c(O)cccc1C(N)C(F)(F)F. The van der Waals surface area contributed by atoms with Crippen molar-refractivity contribution in [2.45, 2.75) is 19.1 Å². The van der Waals surface area contributed by atoms with Gasteiger partial charge in [-0.2, -0.15) is 13.2 Å². The molecule has 0 aromatic heterocycles. The smallest absolute Gasteiger partial charge is 0.407 e. The second-order valence-electron chi connectivity index (χ2n) is 3.01. The van der Waals surface area contributed by atoms with Gasteiger partial charge in [0.2, 0.25) is 0 Å². The van der Waals surface area contributed by atoms with Crippen molar-refractivity contribution >= 4 is 0 Å². The Morgan fingerprint density at radius 3 is 2.43 bits per heavy atom. The number of hydrogen-bond acceptors (Lipinski definition) is 2. The summed E-state index contributed by atoms with van der Waals surface area (Å²) in [5.74, 6) is -0.179. The maximum absolute atomic E-state index is 12.2. The second kappa shape index (κ2) is 3.49. The zero-order valence-electron chi connectivity index (χ0n) is 7.47. The molecule has 0 radical (unpaired) electrons. The minimum atomic E-state index is -4.49. The van der Waals surface area contributed by atoms with Gasteiger partial charge in [-0.1, -0.05) is 12.1 Å². The number of nitrogens with two attached hydrogens (primary N) is 1. The van der Waals surface area contributed by atoms with Gasteiger partial charge < -0.3 is 10.8 Å². The summed E-state index contributed by atoms with van der Waals surface area (Å²) in [7, 11) is 0. The third-order valence-electron chi connectivity index (χ3n) is 2.03. The van der Waals surface area contributed by atoms with Crippen molar-refractivity contribution in [3.8, 4) is 5.75 Å². The number of phenols is 1. The van der Waals surface area contributed by atoms with E-state index in [1.807, 2.05) is 0 Å². The van der Waals surface area contributed by atoms with Crippen molar-refractivity contribution in [1.82, 2.24) is 0 Å². The van der Waals surface area contributed by atoms with E-state index in [0.717, 1.165) is 0 Å². The van der Waals surface area contributed by atoms with E-state index in [1.165, 1.54) is 25.1 Å². The Balaban J connectivity index is 3.14. The topological polar surface area (TPSA) is 46.2 Å². The number of rotatable bonds is 1. The van der Waals surface area contributed by atoms with Crippen molar-refractivity contribution in [1.29, 1.82) is 0 Å². The molecule has 0 aliphatic carbocycles. The highest BCUT2D eigenvalue weighted by Gasteiger charge is 2.38. The summed E-state index contributed by atoms with van der Waals surface area (Å²) >= 11 is 0. The van der Waals surface area contributed by atoms with Crippen molar-refractivity contribution in [2.75, 3.05) is 0 Å². The largest absolute Gasteiger partial charge is 0.508 e. The number of alkyl halides is 3. The molecule has 2 nitrogen and oxygen atoms in total. The van der Waals surface area contributed by atoms with Crippen LogP contribution >= 0.6 is 0 Å². The average molecular weight is 205 g/mol. The lowest BCUT2D eigenvalue weighted by Gasteiger charge is -2.18. The van der Waals surface area contributed by atoms with Crippen LogP contribution in [0.3, 0.4) is 0 Å². The van der Waals surface area contributed by atoms with E-state index >= 15 is 0 Å². The summed E-state index contributed by atoms with van der Waals surface area (Å²) in [5, 5.41) is 9.19. The minimum Gasteiger partial charge on any atom is -0.508 e. The lowest BCUT2D eigenvalue weighted by Crippen LogP contribution is -2.29. The quantitative estimate of drug-likeness (QED) is 0.738. The summed E-state index contributed by atoms with van der Waals surface area (Å²) in [6.07, 6.45) is -4.49. The van der Waals surface area contributed by atoms with Gasteiger partial charge in [0.25, 0.3) is 0 Å². The molecule has 3 N–H and O–H groups in total. The molecule has 0 heterocycles. The molecule has 0 saturated carbocycles. The molecule has 0 bridgehead atoms. The standard InChI is InChI=1S/C9H10F3NO/c1-5-6(3-2-4-7(5)14)8(13)9(10,11)12/h2-4,8,14H,13H2,1H3. The van der Waals surface area contributed by atoms with Gasteiger partial charge in [0, 0.05) is 0 Å². The third-order valence-corrected chi connectivity index (χ3v) is 2.03. The summed E-state index contributed by atoms with van der Waals surface area (Å²) in [4.78, 5) is 0. The van der Waals surface area contributed by atoms with Gasteiger partial charge in [-0.25, -0.2) is 0 Å². The Kier molecular flexibility index (Phi) is 2.71. The fourth-order valence-electron chi connectivity index (χ4n) is 1.15. The highest BCUT2D eigenvalue weighted by atomic mass is 19.4. The first-order valence-electron chi connectivity index (χ1n) is 3.95. The number of halogens is 3. The van der Waals surface area contributed by atoms with E-state index in [-0.39, 0.29) is 16.9 Å². The van der Waals surface area contributed by atoms with Crippen LogP contribution in [0.4, 0.5) is 13.2 Å². The molecule has 0 saturated heterocycles. The highest BCUT2D eigenvalue weighted by Crippen LogP contribution is 2.34. The normalized spacial score (nSPS) is 14.1. The fourth-order valence-corrected chi connectivity index (χ4v) is 1.15. The van der Waals surface area contributed by atoms with E-state index in [1.54, 1.807) is 0 Å². The van der Waals surface area contributed by atoms with Gasteiger partial charge in [0.05, 0.1) is 0 Å². The predicted octanol–water partition coefficient (Wildman–Crippen LogP) is 2.26. The molecule has 1 rings (SSSR count). The van der Waals surface area contributed by atoms with Crippen molar-refractivity contribution in [2.24, 2.45) is 5.73 Å². The monoisotopic (exact) mass is 205 g/mol. The van der Waals surface area contributed by atoms with Crippen LogP contribution in [0.5, 0.6) is 5.75 Å². The van der Waals surface area contributed by atoms with E-state index in [2.05, 4.69) is 0 Å². The molecular weight excluding hydrogens is 195 g/mol. The summed E-state index contributed by atoms with van der Waals surface area (Å²) < 4.78 is 36.7. The first-order chi connectivity index (χ1) is 6.34. The van der Waals surface area contributed by atoms with Crippen LogP contribution in [0.15, 0.2) is 18.2 Å². The van der Waals surface area contributed by atoms with E-state index in [9.17, 15) is 18.3 Å². The molecule has 0 fully saturated rings. The van der Waals surface area contributed by atoms with Crippen molar-refractivity contribution in [3.63, 3.8) is 0 Å². The summed E-state index contributed by atoms with van der Waals surface area (Å²) in [6, 6.07) is 1.87. The van der Waals surface area contributed by atoms with Gasteiger partial charge in [-0.3, -0.25) is 0 Å². The minimum absolute atomic E-state index is 0.0995. The maximum atomic E-state index is 12.2. The van der Waals surface area contributed by atoms with Crippen LogP contribution in [0, 0.1) is 6.92 Å². The summed E-state index contributed by atoms with van der Waals surface area (Å²) in [5.41, 5.74) is 5.07. The van der Waals surface area contributed by atoms with Crippen LogP contribution in [0.1, 0.15) is 17.2 Å². The second-order valence-corrected chi connectivity index (χ2v) is 3.01. The van der Waals surface area contributed by atoms with E-state index in [4.69, 9.17) is 5.73 Å². The van der Waals surface area contributed by atoms with Gasteiger partial charge in [0.1, 0.15) is 11.8 Å². The Morgan fingerprint density at radius 2 is 1.93 bits per heavy atom. The lowest BCUT2D eigenvalue weighted by molar-refractivity contribution is -0.149. The average Bonchev–Trinajstić information content (AvgIpc) is 2.07. The van der Waals surface area contributed by atoms with Crippen LogP contribution in [0.2, 0.25) is 0 Å². The first-order valence-corrected chi connectivity index (χ1v) is 3.95. The molecule has 1 aromatic rings. The molecule has 0 aliphatic rings. The summed E-state index contributed by atoms with van der Waals surface area (Å²) in [6.45, 7) is 1.40. The predicted molar refractivity (Wildman–Crippen MR) is 45.8 cm³/mol. The molecule has 1 atom stereocenters. The highest BCUT2D eigenvalue weighted by molar-refractivity contribution is 5.40. The Bertz CT molecular complexity index is 335. The maximum Gasteiger partial charge on any atom is 0.407 e. The van der Waals surface area contributed by atoms with Crippen LogP contribution in [-0.2, 0) is 0 Å². The van der Waals surface area contributed by atoms with Crippen molar-refractivity contribution < 1.29 is 18.3 Å². The Hall–Kier alpha value is -1.23. The molecule has 0 aliphatic heterocycles. The lowest BCUT2D eigenvalue weighted by atomic mass is 10.0. The first kappa shape index (κ1) is 10.8. The van der Waals surface area contributed by atoms with Crippen LogP contribution in [0.25, 0.3) is 0 Å². The Morgan fingerprint density at radius 1 is 1.36 bits per heavy atom. The van der Waals surface area contributed by atoms with Crippen LogP contribution < -0.4 is 5.73 Å².